The summed E-state index contributed by atoms with van der Waals surface area (Å²) in [5.74, 6) is -1.15. The van der Waals surface area contributed by atoms with Crippen LogP contribution in [0, 0.1) is 0 Å². The molecule has 0 radical (unpaired) electrons. The maximum atomic E-state index is 13.7. The minimum absolute atomic E-state index is 0. The third-order valence-corrected chi connectivity index (χ3v) is 16.0. The first-order valence-electron chi connectivity index (χ1n) is 20.1. The molecule has 0 spiro atoms. The Morgan fingerprint density at radius 1 is 0.595 bits per heavy atom. The molecular weight excluding hydrogens is 1130 g/mol. The summed E-state index contributed by atoms with van der Waals surface area (Å²) >= 11 is 15.9. The number of methoxy groups -OCH3 is 1. The molecule has 400 valence electrons. The van der Waals surface area contributed by atoms with Crippen molar-refractivity contribution in [3.63, 3.8) is 0 Å². The van der Waals surface area contributed by atoms with Gasteiger partial charge in [-0.1, -0.05) is 43.3 Å². The van der Waals surface area contributed by atoms with Crippen LogP contribution in [0.1, 0.15) is 53.2 Å². The van der Waals surface area contributed by atoms with Gasteiger partial charge in [0.15, 0.2) is 19.7 Å². The molecule has 6 aromatic rings. The van der Waals surface area contributed by atoms with Crippen molar-refractivity contribution in [2.24, 2.45) is 0 Å². The van der Waals surface area contributed by atoms with Crippen molar-refractivity contribution in [2.75, 3.05) is 36.4 Å². The summed E-state index contributed by atoms with van der Waals surface area (Å²) in [6.07, 6.45) is -12.4. The maximum absolute atomic E-state index is 13.7. The first kappa shape index (κ1) is 65.6. The van der Waals surface area contributed by atoms with Crippen LogP contribution in [0.3, 0.4) is 0 Å². The van der Waals surface area contributed by atoms with E-state index in [0.29, 0.717) is 35.3 Å². The van der Waals surface area contributed by atoms with Gasteiger partial charge in [-0.15, -0.1) is 0 Å². The molecule has 0 aliphatic rings. The molecule has 0 saturated carbocycles. The summed E-state index contributed by atoms with van der Waals surface area (Å²) in [7, 11) is -8.69. The molecule has 3 aromatic heterocycles. The van der Waals surface area contributed by atoms with E-state index >= 15 is 0 Å². The number of aromatic nitrogens is 6. The van der Waals surface area contributed by atoms with Crippen molar-refractivity contribution in [2.45, 2.75) is 73.9 Å². The Morgan fingerprint density at radius 2 is 1.00 bits per heavy atom. The number of hydrogen-bond donors (Lipinski definition) is 3. The zero-order valence-electron chi connectivity index (χ0n) is 40.2. The van der Waals surface area contributed by atoms with Crippen LogP contribution >= 0.6 is 41.9 Å². The van der Waals surface area contributed by atoms with Crippen LogP contribution in [0.5, 0.6) is 5.75 Å². The number of hydrogen-bond acceptors (Lipinski definition) is 15. The van der Waals surface area contributed by atoms with Gasteiger partial charge in [-0.2, -0.15) is 49.5 Å². The van der Waals surface area contributed by atoms with Gasteiger partial charge in [-0.05, 0) is 107 Å². The molecule has 0 fully saturated rings. The third kappa shape index (κ3) is 17.2. The second-order valence-corrected chi connectivity index (χ2v) is 24.7. The van der Waals surface area contributed by atoms with E-state index in [1.165, 1.54) is 83.3 Å². The summed E-state index contributed by atoms with van der Waals surface area (Å²) in [5.41, 5.74) is -3.15. The monoisotopic (exact) mass is 1180 g/mol. The van der Waals surface area contributed by atoms with Gasteiger partial charge in [0.1, 0.15) is 46.4 Å². The number of sulfone groups is 2. The van der Waals surface area contributed by atoms with Crippen molar-refractivity contribution in [1.29, 1.82) is 0 Å². The Bertz CT molecular complexity index is 3200. The zero-order chi connectivity index (χ0) is 54.4. The second-order valence-electron chi connectivity index (χ2n) is 15.5. The smallest absolute Gasteiger partial charge is 1.00 e. The van der Waals surface area contributed by atoms with Crippen LogP contribution in [-0.4, -0.2) is 77.7 Å². The fraction of sp³-hybridized carbons (Fsp3) is 0.302. The van der Waals surface area contributed by atoms with Crippen LogP contribution < -0.4 is 55.5 Å². The summed E-state index contributed by atoms with van der Waals surface area (Å²) in [6.45, 7) is 9.12. The topological polar surface area (TPSA) is 208 Å². The largest absolute Gasteiger partial charge is 1.00 e. The molecule has 0 saturated heterocycles. The van der Waals surface area contributed by atoms with Crippen molar-refractivity contribution in [1.82, 2.24) is 29.9 Å². The molecule has 0 atom stereocenters. The average molecular weight is 1180 g/mol. The number of nitrogens with one attached hydrogen (secondary N) is 3. The number of para-hydroxylation sites is 2. The van der Waals surface area contributed by atoms with E-state index < -0.39 is 94.6 Å². The predicted octanol–water partition coefficient (Wildman–Crippen LogP) is 10.1. The van der Waals surface area contributed by atoms with E-state index in [-0.39, 0.29) is 70.8 Å². The van der Waals surface area contributed by atoms with Gasteiger partial charge in [0.05, 0.1) is 44.5 Å². The Balaban J connectivity index is 0.000000621. The Labute approximate surface area is 458 Å². The van der Waals surface area contributed by atoms with Crippen LogP contribution in [0.15, 0.2) is 95.1 Å². The summed E-state index contributed by atoms with van der Waals surface area (Å²) in [6, 6.07) is 16.1. The van der Waals surface area contributed by atoms with Gasteiger partial charge in [0.2, 0.25) is 16.5 Å². The number of benzene rings is 3. The minimum atomic E-state index is -4.81. The Hall–Kier alpha value is -4.53. The molecule has 0 amide bonds. The zero-order valence-corrected chi connectivity index (χ0v) is 46.0. The van der Waals surface area contributed by atoms with Gasteiger partial charge in [0.25, 0.3) is 0 Å². The van der Waals surface area contributed by atoms with Gasteiger partial charge in [-0.3, -0.25) is 0 Å². The van der Waals surface area contributed by atoms with Crippen LogP contribution in [0.2, 0.25) is 15.7 Å². The summed E-state index contributed by atoms with van der Waals surface area (Å²) in [5, 5.41) is 5.39. The van der Waals surface area contributed by atoms with Crippen molar-refractivity contribution < 1.29 is 96.6 Å². The first-order chi connectivity index (χ1) is 33.1. The van der Waals surface area contributed by atoms with E-state index in [4.69, 9.17) is 39.5 Å². The molecule has 0 unspecified atom stereocenters. The standard InChI is InChI=1S/C23H26F3N4O4PS.C14H13ClF3N3O2S.C5HCl2F3N2.CH4.Na.H/c1-14(2)36(32,33)20-9-7-6-8-18(20)28-21-16(23(24,25)26)13-27-22(30-21)29-17-11-10-15(35(4,5)31)12-19(17)34-3;1-8(2)24(22,23)11-6-4-3-5-10(11)20-12-9(14(16,17)18)7-19-13(15)21-12;6-3-2(5(8,9)10)1-11-4(7)12-3;;;/h6-14H,1-5H3,(H2,27,28,29,30);3-8H,1-2H3,(H,19,20,21);1H;1H4;;/q;;;;+1;-1. The third-order valence-electron chi connectivity index (χ3n) is 9.37. The summed E-state index contributed by atoms with van der Waals surface area (Å²) in [4.78, 5) is 20.6. The van der Waals surface area contributed by atoms with Crippen molar-refractivity contribution >= 4 is 102 Å². The first-order valence-corrected chi connectivity index (χ1v) is 26.9. The minimum Gasteiger partial charge on any atom is -1.00 e. The van der Waals surface area contributed by atoms with Gasteiger partial charge in [-0.25, -0.2) is 36.8 Å². The Morgan fingerprint density at radius 3 is 1.41 bits per heavy atom. The van der Waals surface area contributed by atoms with E-state index in [1.807, 2.05) is 0 Å². The molecule has 3 heterocycles. The van der Waals surface area contributed by atoms with Crippen LogP contribution in [-0.2, 0) is 42.8 Å². The molecule has 31 heteroatoms. The number of alkyl halides is 9. The normalized spacial score (nSPS) is 12.0. The summed E-state index contributed by atoms with van der Waals surface area (Å²) < 4.78 is 184. The van der Waals surface area contributed by atoms with E-state index in [9.17, 15) is 60.9 Å². The van der Waals surface area contributed by atoms with Gasteiger partial charge >= 0.3 is 48.1 Å². The van der Waals surface area contributed by atoms with Gasteiger partial charge in [0, 0.05) is 23.9 Å². The fourth-order valence-electron chi connectivity index (χ4n) is 5.58. The van der Waals surface area contributed by atoms with E-state index in [0.717, 1.165) is 0 Å². The molecule has 0 bridgehead atoms. The van der Waals surface area contributed by atoms with Crippen LogP contribution in [0.25, 0.3) is 0 Å². The average Bonchev–Trinajstić information content (AvgIpc) is 3.25. The maximum Gasteiger partial charge on any atom is 1.00 e. The Kier molecular flexibility index (Phi) is 23.1. The molecule has 3 aromatic carbocycles. The molecular formula is C43H45Cl3F9N9NaO6PS2. The van der Waals surface area contributed by atoms with Crippen molar-refractivity contribution in [3.8, 4) is 5.75 Å². The quantitative estimate of drug-likeness (QED) is 0.0343. The number of nitrogens with zero attached hydrogens (tertiary/aromatic N) is 6. The van der Waals surface area contributed by atoms with Crippen LogP contribution in [0.4, 0.5) is 74.2 Å². The SMILES string of the molecule is C.CC(C)S(=O)(=O)c1ccccc1Nc1nc(Cl)ncc1C(F)(F)F.COc1cc(P(C)(C)=O)ccc1Nc1ncc(C(F)(F)F)c(Nc2ccccc2S(=O)(=O)C(C)C)n1.FC(F)(F)c1cnc(Cl)nc1Cl.[H-].[Na+]. The number of rotatable bonds is 12. The van der Waals surface area contributed by atoms with Gasteiger partial charge < -0.3 is 26.7 Å². The molecule has 0 aliphatic carbocycles. The van der Waals surface area contributed by atoms with E-state index in [2.05, 4.69) is 45.9 Å². The predicted molar refractivity (Wildman–Crippen MR) is 263 cm³/mol. The van der Waals surface area contributed by atoms with Crippen molar-refractivity contribution in [3.05, 3.63) is 118 Å². The number of anilines is 6. The molecule has 74 heavy (non-hydrogen) atoms. The molecule has 3 N–H and O–H groups in total. The molecule has 0 aliphatic heterocycles. The second kappa shape index (κ2) is 26.0. The number of halogens is 12. The molecule has 15 nitrogen and oxygen atoms in total. The fourth-order valence-corrected chi connectivity index (χ4v) is 9.39. The number of ether oxygens (including phenoxy) is 1. The van der Waals surface area contributed by atoms with E-state index in [1.54, 1.807) is 31.5 Å². The molecule has 6 rings (SSSR count).